The van der Waals surface area contributed by atoms with Crippen molar-refractivity contribution in [2.24, 2.45) is 0 Å². The zero-order valence-electron chi connectivity index (χ0n) is 25.5. The molecule has 0 bridgehead atoms. The molecule has 0 spiro atoms. The largest absolute Gasteiger partial charge is 0.497 e. The molecule has 0 unspecified atom stereocenters. The Morgan fingerprint density at radius 2 is 1.57 bits per heavy atom. The predicted molar refractivity (Wildman–Crippen MR) is 179 cm³/mol. The van der Waals surface area contributed by atoms with Gasteiger partial charge in [0.1, 0.15) is 17.5 Å². The van der Waals surface area contributed by atoms with Gasteiger partial charge in [0.2, 0.25) is 5.91 Å². The number of amides is 2. The fourth-order valence-corrected chi connectivity index (χ4v) is 6.05. The first-order valence-corrected chi connectivity index (χ1v) is 15.7. The van der Waals surface area contributed by atoms with Gasteiger partial charge >= 0.3 is 0 Å². The first-order valence-electron chi connectivity index (χ1n) is 15.3. The molecule has 232 valence electrons. The van der Waals surface area contributed by atoms with Crippen LogP contribution in [0.15, 0.2) is 78.9 Å². The molecule has 5 rings (SSSR count). The Kier molecular flexibility index (Phi) is 10.7. The summed E-state index contributed by atoms with van der Waals surface area (Å²) in [6.07, 6.45) is 1.74. The van der Waals surface area contributed by atoms with E-state index >= 15 is 0 Å². The molecule has 10 heteroatoms. The molecule has 0 radical (unpaired) electrons. The summed E-state index contributed by atoms with van der Waals surface area (Å²) < 4.78 is 10.9. The molecule has 2 amide bonds. The second kappa shape index (κ2) is 15.0. The van der Waals surface area contributed by atoms with E-state index in [9.17, 15) is 9.59 Å². The molecule has 0 aromatic heterocycles. The van der Waals surface area contributed by atoms with Crippen LogP contribution in [0.5, 0.6) is 11.5 Å². The van der Waals surface area contributed by atoms with Crippen LogP contribution in [0.2, 0.25) is 0 Å². The number of hydrogen-bond donors (Lipinski definition) is 1. The first kappa shape index (κ1) is 31.3. The summed E-state index contributed by atoms with van der Waals surface area (Å²) in [5.41, 5.74) is 2.57. The molecule has 0 saturated carbocycles. The normalized spacial score (nSPS) is 17.2. The molecule has 2 aliphatic rings. The Balaban J connectivity index is 1.22. The van der Waals surface area contributed by atoms with Gasteiger partial charge in [0, 0.05) is 44.1 Å². The highest BCUT2D eigenvalue weighted by molar-refractivity contribution is 7.80. The highest BCUT2D eigenvalue weighted by Gasteiger charge is 2.44. The van der Waals surface area contributed by atoms with Crippen molar-refractivity contribution in [1.29, 1.82) is 0 Å². The third-order valence-electron chi connectivity index (χ3n) is 8.01. The molecular weight excluding hydrogens is 574 g/mol. The second-order valence-electron chi connectivity index (χ2n) is 11.0. The summed E-state index contributed by atoms with van der Waals surface area (Å²) in [6.45, 7) is 8.07. The highest BCUT2D eigenvalue weighted by atomic mass is 32.1. The van der Waals surface area contributed by atoms with Crippen LogP contribution in [0.1, 0.15) is 26.2 Å². The summed E-state index contributed by atoms with van der Waals surface area (Å²) in [5.74, 6) is 1.00. The van der Waals surface area contributed by atoms with Gasteiger partial charge in [0.25, 0.3) is 5.91 Å². The minimum absolute atomic E-state index is 0.00450. The number of hydrogen-bond acceptors (Lipinski definition) is 7. The van der Waals surface area contributed by atoms with Gasteiger partial charge in [-0.3, -0.25) is 19.4 Å². The number of ether oxygens (including phenoxy) is 2. The number of benzene rings is 3. The maximum Gasteiger partial charge on any atom is 0.256 e. The van der Waals surface area contributed by atoms with Crippen molar-refractivity contribution in [2.45, 2.75) is 32.2 Å². The maximum atomic E-state index is 13.8. The number of methoxy groups -OCH3 is 1. The van der Waals surface area contributed by atoms with Crippen LogP contribution in [0.25, 0.3) is 0 Å². The number of para-hydroxylation sites is 1. The van der Waals surface area contributed by atoms with Gasteiger partial charge in [0.05, 0.1) is 25.8 Å². The lowest BCUT2D eigenvalue weighted by molar-refractivity contribution is -0.124. The molecule has 1 atom stereocenters. The van der Waals surface area contributed by atoms with Crippen LogP contribution in [-0.4, -0.2) is 85.8 Å². The lowest BCUT2D eigenvalue weighted by Gasteiger charge is -2.36. The van der Waals surface area contributed by atoms with Crippen molar-refractivity contribution in [3.63, 3.8) is 0 Å². The number of thiocarbonyl (C=S) groups is 1. The van der Waals surface area contributed by atoms with E-state index in [0.717, 1.165) is 51.3 Å². The van der Waals surface area contributed by atoms with Crippen molar-refractivity contribution < 1.29 is 19.1 Å². The van der Waals surface area contributed by atoms with E-state index in [-0.39, 0.29) is 18.2 Å². The lowest BCUT2D eigenvalue weighted by Crippen LogP contribution is -2.47. The van der Waals surface area contributed by atoms with Gasteiger partial charge in [-0.15, -0.1) is 0 Å². The molecule has 3 aromatic carbocycles. The van der Waals surface area contributed by atoms with Crippen molar-refractivity contribution in [2.75, 3.05) is 68.1 Å². The fourth-order valence-electron chi connectivity index (χ4n) is 5.63. The predicted octanol–water partition coefficient (Wildman–Crippen LogP) is 5.03. The molecule has 2 saturated heterocycles. The van der Waals surface area contributed by atoms with Gasteiger partial charge in [0.15, 0.2) is 5.11 Å². The van der Waals surface area contributed by atoms with Crippen molar-refractivity contribution in [3.8, 4) is 11.5 Å². The quantitative estimate of drug-likeness (QED) is 0.269. The van der Waals surface area contributed by atoms with Crippen LogP contribution >= 0.6 is 12.2 Å². The first-order chi connectivity index (χ1) is 21.5. The van der Waals surface area contributed by atoms with E-state index in [1.807, 2.05) is 47.4 Å². The highest BCUT2D eigenvalue weighted by Crippen LogP contribution is 2.29. The molecule has 2 fully saturated rings. The Labute approximate surface area is 265 Å². The molecule has 3 aromatic rings. The van der Waals surface area contributed by atoms with Crippen molar-refractivity contribution in [3.05, 3.63) is 78.9 Å². The average molecular weight is 616 g/mol. The Hall–Kier alpha value is -4.15. The Morgan fingerprint density at radius 1 is 0.886 bits per heavy atom. The van der Waals surface area contributed by atoms with E-state index in [4.69, 9.17) is 21.7 Å². The van der Waals surface area contributed by atoms with E-state index in [1.165, 1.54) is 5.69 Å². The number of piperazine rings is 1. The SMILES string of the molecule is CCCOc1ccc(NC(=O)C[C@H]2C(=O)N(c3ccc(OC)cc3)C(=S)N2CCCN2CCN(c3ccccc3)CC2)cc1. The van der Waals surface area contributed by atoms with Gasteiger partial charge < -0.3 is 24.6 Å². The standard InChI is InChI=1S/C34H41N5O4S/c1-3-24-43-30-14-10-26(11-15-30)35-32(40)25-31-33(41)39(28-12-16-29(42-2)17-13-28)34(44)38(31)19-7-18-36-20-22-37(23-21-36)27-8-5-4-6-9-27/h4-6,8-17,31H,3,7,18-25H2,1-2H3,(H,35,40)/t31-/m0/s1. The van der Waals surface area contributed by atoms with Crippen LogP contribution < -0.4 is 24.6 Å². The summed E-state index contributed by atoms with van der Waals surface area (Å²) >= 11 is 5.86. The molecule has 2 aliphatic heterocycles. The van der Waals surface area contributed by atoms with Gasteiger partial charge in [-0.1, -0.05) is 25.1 Å². The summed E-state index contributed by atoms with van der Waals surface area (Å²) in [5, 5.41) is 3.36. The zero-order chi connectivity index (χ0) is 30.9. The summed E-state index contributed by atoms with van der Waals surface area (Å²) in [7, 11) is 1.60. The Bertz CT molecular complexity index is 1400. The smallest absolute Gasteiger partial charge is 0.256 e. The van der Waals surface area contributed by atoms with E-state index < -0.39 is 6.04 Å². The van der Waals surface area contributed by atoms with Crippen molar-refractivity contribution >= 4 is 46.2 Å². The van der Waals surface area contributed by atoms with E-state index in [2.05, 4.69) is 46.3 Å². The number of carbonyl (C=O) groups excluding carboxylic acids is 2. The van der Waals surface area contributed by atoms with Gasteiger partial charge in [-0.25, -0.2) is 0 Å². The molecule has 1 N–H and O–H groups in total. The molecule has 2 heterocycles. The van der Waals surface area contributed by atoms with Crippen LogP contribution in [-0.2, 0) is 9.59 Å². The van der Waals surface area contributed by atoms with Crippen LogP contribution in [0.4, 0.5) is 17.1 Å². The lowest BCUT2D eigenvalue weighted by atomic mass is 10.1. The van der Waals surface area contributed by atoms with E-state index in [0.29, 0.717) is 35.4 Å². The average Bonchev–Trinajstić information content (AvgIpc) is 3.29. The van der Waals surface area contributed by atoms with Gasteiger partial charge in [-0.05, 0) is 92.3 Å². The van der Waals surface area contributed by atoms with E-state index in [1.54, 1.807) is 24.1 Å². The fraction of sp³-hybridized carbons (Fsp3) is 0.382. The number of carbonyl (C=O) groups is 2. The van der Waals surface area contributed by atoms with Crippen LogP contribution in [0, 0.1) is 0 Å². The van der Waals surface area contributed by atoms with Crippen LogP contribution in [0.3, 0.4) is 0 Å². The molecule has 44 heavy (non-hydrogen) atoms. The molecule has 0 aliphatic carbocycles. The second-order valence-corrected chi connectivity index (χ2v) is 11.4. The molecule has 9 nitrogen and oxygen atoms in total. The summed E-state index contributed by atoms with van der Waals surface area (Å²) in [4.78, 5) is 35.3. The minimum Gasteiger partial charge on any atom is -0.497 e. The monoisotopic (exact) mass is 615 g/mol. The third-order valence-corrected chi connectivity index (χ3v) is 8.42. The molecular formula is C34H41N5O4S. The topological polar surface area (TPSA) is 77.6 Å². The number of nitrogens with one attached hydrogen (secondary N) is 1. The summed E-state index contributed by atoms with van der Waals surface area (Å²) in [6, 6.07) is 24.3. The maximum absolute atomic E-state index is 13.8. The Morgan fingerprint density at radius 3 is 2.23 bits per heavy atom. The number of rotatable bonds is 13. The van der Waals surface area contributed by atoms with Gasteiger partial charge in [-0.2, -0.15) is 0 Å². The number of anilines is 3. The van der Waals surface area contributed by atoms with Crippen molar-refractivity contribution in [1.82, 2.24) is 9.80 Å². The zero-order valence-corrected chi connectivity index (χ0v) is 26.3. The third kappa shape index (κ3) is 7.67. The number of nitrogens with zero attached hydrogens (tertiary/aromatic N) is 4. The minimum atomic E-state index is -0.688.